The molecular weight excluding hydrogens is 210 g/mol. The van der Waals surface area contributed by atoms with E-state index in [4.69, 9.17) is 4.74 Å². The Bertz CT molecular complexity index is 508. The Morgan fingerprint density at radius 3 is 2.82 bits per heavy atom. The minimum atomic E-state index is 0.625. The zero-order valence-electron chi connectivity index (χ0n) is 9.65. The molecule has 0 atom stereocenters. The van der Waals surface area contributed by atoms with Crippen molar-refractivity contribution in [3.63, 3.8) is 0 Å². The van der Waals surface area contributed by atoms with E-state index in [1.807, 2.05) is 18.2 Å². The molecule has 2 aromatic rings. The fraction of sp³-hybridized carbons (Fsp3) is 0.200. The van der Waals surface area contributed by atoms with Crippen LogP contribution >= 0.6 is 0 Å². The Kier molecular flexibility index (Phi) is 2.70. The minimum absolute atomic E-state index is 0.625. The van der Waals surface area contributed by atoms with E-state index in [-0.39, 0.29) is 0 Å². The summed E-state index contributed by atoms with van der Waals surface area (Å²) < 4.78 is 5.78. The van der Waals surface area contributed by atoms with Gasteiger partial charge in [0.1, 0.15) is 12.4 Å². The second-order valence-corrected chi connectivity index (χ2v) is 4.27. The molecule has 2 heteroatoms. The van der Waals surface area contributed by atoms with Crippen molar-refractivity contribution in [2.24, 2.45) is 0 Å². The molecule has 0 saturated heterocycles. The van der Waals surface area contributed by atoms with Gasteiger partial charge in [-0.1, -0.05) is 36.4 Å². The average molecular weight is 225 g/mol. The van der Waals surface area contributed by atoms with Gasteiger partial charge in [-0.25, -0.2) is 0 Å². The van der Waals surface area contributed by atoms with Gasteiger partial charge in [0, 0.05) is 18.3 Å². The van der Waals surface area contributed by atoms with Crippen LogP contribution in [0.2, 0.25) is 0 Å². The molecule has 0 fully saturated rings. The number of anilines is 1. The van der Waals surface area contributed by atoms with Crippen LogP contribution in [0, 0.1) is 0 Å². The molecule has 86 valence electrons. The highest BCUT2D eigenvalue weighted by molar-refractivity contribution is 5.58. The summed E-state index contributed by atoms with van der Waals surface area (Å²) in [6.45, 7) is 1.66. The Hall–Kier alpha value is -1.96. The summed E-state index contributed by atoms with van der Waals surface area (Å²) in [5, 5.41) is 3.36. The lowest BCUT2D eigenvalue weighted by Gasteiger charge is -2.08. The standard InChI is InChI=1S/C15H15NO/c1-2-4-12(5-3-1)11-17-14-7-6-13-8-9-16-15(13)10-14/h1-7,10,16H,8-9,11H2. The number of benzene rings is 2. The molecule has 0 aromatic heterocycles. The Balaban J connectivity index is 1.70. The van der Waals surface area contributed by atoms with E-state index in [2.05, 4.69) is 35.6 Å². The Labute approximate surface area is 101 Å². The zero-order valence-corrected chi connectivity index (χ0v) is 9.65. The molecule has 2 nitrogen and oxygen atoms in total. The van der Waals surface area contributed by atoms with Crippen molar-refractivity contribution in [3.05, 3.63) is 59.7 Å². The van der Waals surface area contributed by atoms with Crippen LogP contribution in [0.1, 0.15) is 11.1 Å². The summed E-state index contributed by atoms with van der Waals surface area (Å²) in [5.41, 5.74) is 3.80. The van der Waals surface area contributed by atoms with Crippen LogP contribution in [-0.4, -0.2) is 6.54 Å². The van der Waals surface area contributed by atoms with Crippen LogP contribution in [0.15, 0.2) is 48.5 Å². The lowest BCUT2D eigenvalue weighted by Crippen LogP contribution is -1.95. The monoisotopic (exact) mass is 225 g/mol. The summed E-state index contributed by atoms with van der Waals surface area (Å²) in [4.78, 5) is 0. The van der Waals surface area contributed by atoms with Crippen LogP contribution in [0.25, 0.3) is 0 Å². The van der Waals surface area contributed by atoms with Crippen molar-refractivity contribution in [2.75, 3.05) is 11.9 Å². The quantitative estimate of drug-likeness (QED) is 0.865. The molecule has 1 heterocycles. The first-order valence-corrected chi connectivity index (χ1v) is 5.95. The largest absolute Gasteiger partial charge is 0.489 e. The van der Waals surface area contributed by atoms with Crippen LogP contribution in [0.3, 0.4) is 0 Å². The van der Waals surface area contributed by atoms with E-state index in [1.54, 1.807) is 0 Å². The van der Waals surface area contributed by atoms with Crippen LogP contribution in [0.4, 0.5) is 5.69 Å². The van der Waals surface area contributed by atoms with Gasteiger partial charge in [-0.15, -0.1) is 0 Å². The summed E-state index contributed by atoms with van der Waals surface area (Å²) >= 11 is 0. The average Bonchev–Trinajstić information content (AvgIpc) is 2.85. The number of rotatable bonds is 3. The number of fused-ring (bicyclic) bond motifs is 1. The van der Waals surface area contributed by atoms with Crippen molar-refractivity contribution in [1.82, 2.24) is 0 Å². The molecule has 0 amide bonds. The molecule has 0 radical (unpaired) electrons. The van der Waals surface area contributed by atoms with Gasteiger partial charge in [0.25, 0.3) is 0 Å². The molecule has 1 aliphatic heterocycles. The Morgan fingerprint density at radius 1 is 1.06 bits per heavy atom. The highest BCUT2D eigenvalue weighted by atomic mass is 16.5. The molecule has 1 N–H and O–H groups in total. The summed E-state index contributed by atoms with van der Waals surface area (Å²) in [6.07, 6.45) is 1.12. The maximum atomic E-state index is 5.78. The van der Waals surface area contributed by atoms with Crippen molar-refractivity contribution in [3.8, 4) is 5.75 Å². The summed E-state index contributed by atoms with van der Waals surface area (Å²) in [5.74, 6) is 0.932. The van der Waals surface area contributed by atoms with Gasteiger partial charge in [-0.3, -0.25) is 0 Å². The highest BCUT2D eigenvalue weighted by Crippen LogP contribution is 2.27. The third kappa shape index (κ3) is 2.26. The molecular formula is C15H15NO. The molecule has 3 rings (SSSR count). The first kappa shape index (κ1) is 10.2. The molecule has 1 aliphatic rings. The lowest BCUT2D eigenvalue weighted by molar-refractivity contribution is 0.306. The van der Waals surface area contributed by atoms with Crippen molar-refractivity contribution < 1.29 is 4.74 Å². The van der Waals surface area contributed by atoms with Gasteiger partial charge in [-0.05, 0) is 23.6 Å². The van der Waals surface area contributed by atoms with Gasteiger partial charge in [0.05, 0.1) is 0 Å². The van der Waals surface area contributed by atoms with Gasteiger partial charge >= 0.3 is 0 Å². The van der Waals surface area contributed by atoms with E-state index in [1.165, 1.54) is 16.8 Å². The third-order valence-electron chi connectivity index (χ3n) is 3.04. The van der Waals surface area contributed by atoms with E-state index < -0.39 is 0 Å². The van der Waals surface area contributed by atoms with Gasteiger partial charge < -0.3 is 10.1 Å². The topological polar surface area (TPSA) is 21.3 Å². The second-order valence-electron chi connectivity index (χ2n) is 4.27. The number of nitrogens with one attached hydrogen (secondary N) is 1. The summed E-state index contributed by atoms with van der Waals surface area (Å²) in [7, 11) is 0. The lowest BCUT2D eigenvalue weighted by atomic mass is 10.1. The number of hydrogen-bond acceptors (Lipinski definition) is 2. The molecule has 0 aliphatic carbocycles. The maximum Gasteiger partial charge on any atom is 0.121 e. The first-order chi connectivity index (χ1) is 8.42. The molecule has 0 spiro atoms. The predicted molar refractivity (Wildman–Crippen MR) is 69.4 cm³/mol. The number of ether oxygens (including phenoxy) is 1. The SMILES string of the molecule is c1ccc(COc2ccc3c(c2)NCC3)cc1. The molecule has 17 heavy (non-hydrogen) atoms. The van der Waals surface area contributed by atoms with Crippen LogP contribution < -0.4 is 10.1 Å². The molecule has 2 aromatic carbocycles. The minimum Gasteiger partial charge on any atom is -0.489 e. The zero-order chi connectivity index (χ0) is 11.5. The van der Waals surface area contributed by atoms with E-state index in [0.29, 0.717) is 6.61 Å². The van der Waals surface area contributed by atoms with E-state index in [9.17, 15) is 0 Å². The van der Waals surface area contributed by atoms with Crippen molar-refractivity contribution in [1.29, 1.82) is 0 Å². The van der Waals surface area contributed by atoms with Crippen LogP contribution in [0.5, 0.6) is 5.75 Å². The maximum absolute atomic E-state index is 5.78. The fourth-order valence-corrected chi connectivity index (χ4v) is 2.10. The van der Waals surface area contributed by atoms with Gasteiger partial charge in [0.15, 0.2) is 0 Å². The van der Waals surface area contributed by atoms with Gasteiger partial charge in [-0.2, -0.15) is 0 Å². The van der Waals surface area contributed by atoms with Crippen molar-refractivity contribution >= 4 is 5.69 Å². The molecule has 0 bridgehead atoms. The molecule has 0 saturated carbocycles. The third-order valence-corrected chi connectivity index (χ3v) is 3.04. The fourth-order valence-electron chi connectivity index (χ4n) is 2.10. The van der Waals surface area contributed by atoms with Gasteiger partial charge in [0.2, 0.25) is 0 Å². The Morgan fingerprint density at radius 2 is 1.94 bits per heavy atom. The normalized spacial score (nSPS) is 12.9. The first-order valence-electron chi connectivity index (χ1n) is 5.95. The number of hydrogen-bond donors (Lipinski definition) is 1. The van der Waals surface area contributed by atoms with Crippen molar-refractivity contribution in [2.45, 2.75) is 13.0 Å². The van der Waals surface area contributed by atoms with E-state index >= 15 is 0 Å². The predicted octanol–water partition coefficient (Wildman–Crippen LogP) is 3.23. The molecule has 0 unspecified atom stereocenters. The second kappa shape index (κ2) is 4.50. The van der Waals surface area contributed by atoms with E-state index in [0.717, 1.165) is 18.7 Å². The van der Waals surface area contributed by atoms with Crippen LogP contribution in [-0.2, 0) is 13.0 Å². The highest BCUT2D eigenvalue weighted by Gasteiger charge is 2.10. The smallest absolute Gasteiger partial charge is 0.121 e. The summed E-state index contributed by atoms with van der Waals surface area (Å²) in [6, 6.07) is 16.5.